The standard InChI is InChI=1S/C13H13FN2S/c14-9-6-7-11-12(8-9)16(13(17)15-11)10-4-2-1-3-5-10/h1-2,6-8,10H,3-5H2,(H,15,17). The molecule has 0 amide bonds. The van der Waals surface area contributed by atoms with E-state index in [9.17, 15) is 4.39 Å². The predicted octanol–water partition coefficient (Wildman–Crippen LogP) is 4.12. The first-order chi connectivity index (χ1) is 8.25. The Bertz CT molecular complexity index is 638. The lowest BCUT2D eigenvalue weighted by molar-refractivity contribution is 0.467. The highest BCUT2D eigenvalue weighted by Gasteiger charge is 2.16. The topological polar surface area (TPSA) is 20.7 Å². The van der Waals surface area contributed by atoms with Crippen LogP contribution in [0.4, 0.5) is 4.39 Å². The molecule has 17 heavy (non-hydrogen) atoms. The van der Waals surface area contributed by atoms with Crippen molar-refractivity contribution < 1.29 is 4.39 Å². The number of halogens is 1. The van der Waals surface area contributed by atoms with Gasteiger partial charge in [0, 0.05) is 6.04 Å². The number of H-pyrrole nitrogens is 1. The van der Waals surface area contributed by atoms with Gasteiger partial charge in [0.15, 0.2) is 4.77 Å². The van der Waals surface area contributed by atoms with Gasteiger partial charge in [-0.05, 0) is 49.7 Å². The average Bonchev–Trinajstić information content (AvgIpc) is 2.65. The third-order valence-electron chi connectivity index (χ3n) is 3.29. The maximum atomic E-state index is 13.3. The molecule has 1 aromatic carbocycles. The summed E-state index contributed by atoms with van der Waals surface area (Å²) in [7, 11) is 0. The van der Waals surface area contributed by atoms with E-state index in [1.54, 1.807) is 12.1 Å². The maximum absolute atomic E-state index is 13.3. The van der Waals surface area contributed by atoms with Gasteiger partial charge in [0.25, 0.3) is 0 Å². The van der Waals surface area contributed by atoms with Crippen molar-refractivity contribution >= 4 is 23.3 Å². The highest BCUT2D eigenvalue weighted by molar-refractivity contribution is 7.71. The average molecular weight is 248 g/mol. The van der Waals surface area contributed by atoms with Crippen LogP contribution in [-0.2, 0) is 0 Å². The fourth-order valence-electron chi connectivity index (χ4n) is 2.47. The van der Waals surface area contributed by atoms with E-state index in [2.05, 4.69) is 21.7 Å². The summed E-state index contributed by atoms with van der Waals surface area (Å²) in [4.78, 5) is 3.14. The molecule has 0 radical (unpaired) electrons. The molecule has 1 heterocycles. The van der Waals surface area contributed by atoms with Gasteiger partial charge in [0.2, 0.25) is 0 Å². The van der Waals surface area contributed by atoms with Gasteiger partial charge in [-0.2, -0.15) is 0 Å². The van der Waals surface area contributed by atoms with Gasteiger partial charge < -0.3 is 9.55 Å². The van der Waals surface area contributed by atoms with Gasteiger partial charge in [-0.1, -0.05) is 12.2 Å². The summed E-state index contributed by atoms with van der Waals surface area (Å²) >= 11 is 5.34. The van der Waals surface area contributed by atoms with Crippen molar-refractivity contribution in [2.45, 2.75) is 25.3 Å². The van der Waals surface area contributed by atoms with Crippen molar-refractivity contribution in [3.63, 3.8) is 0 Å². The largest absolute Gasteiger partial charge is 0.331 e. The smallest absolute Gasteiger partial charge is 0.178 e. The number of aromatic nitrogens is 2. The summed E-state index contributed by atoms with van der Waals surface area (Å²) in [6, 6.07) is 5.11. The van der Waals surface area contributed by atoms with Crippen LogP contribution in [0.25, 0.3) is 11.0 Å². The van der Waals surface area contributed by atoms with Crippen LogP contribution in [0.15, 0.2) is 30.4 Å². The molecule has 1 atom stereocenters. The van der Waals surface area contributed by atoms with Crippen LogP contribution in [-0.4, -0.2) is 9.55 Å². The van der Waals surface area contributed by atoms with Crippen LogP contribution >= 0.6 is 12.2 Å². The Morgan fingerprint density at radius 1 is 1.35 bits per heavy atom. The SMILES string of the molecule is Fc1ccc2[nH]c(=S)n(C3CC=CCC3)c2c1. The molecular weight excluding hydrogens is 235 g/mol. The first-order valence-corrected chi connectivity index (χ1v) is 6.21. The molecule has 0 saturated heterocycles. The minimum atomic E-state index is -0.216. The molecule has 2 nitrogen and oxygen atoms in total. The van der Waals surface area contributed by atoms with Crippen molar-refractivity contribution in [2.24, 2.45) is 0 Å². The van der Waals surface area contributed by atoms with Crippen molar-refractivity contribution in [2.75, 3.05) is 0 Å². The highest BCUT2D eigenvalue weighted by atomic mass is 32.1. The monoisotopic (exact) mass is 248 g/mol. The lowest BCUT2D eigenvalue weighted by Crippen LogP contribution is -2.10. The van der Waals surface area contributed by atoms with E-state index in [0.29, 0.717) is 10.8 Å². The van der Waals surface area contributed by atoms with E-state index in [1.165, 1.54) is 6.07 Å². The first kappa shape index (κ1) is 10.7. The molecule has 1 unspecified atom stereocenters. The summed E-state index contributed by atoms with van der Waals surface area (Å²) in [6.07, 6.45) is 7.46. The number of nitrogens with one attached hydrogen (secondary N) is 1. The third-order valence-corrected chi connectivity index (χ3v) is 3.59. The molecule has 0 spiro atoms. The van der Waals surface area contributed by atoms with Crippen LogP contribution < -0.4 is 0 Å². The third kappa shape index (κ3) is 1.82. The lowest BCUT2D eigenvalue weighted by atomic mass is 10.0. The number of fused-ring (bicyclic) bond motifs is 1. The summed E-state index contributed by atoms with van der Waals surface area (Å²) in [5, 5.41) is 0. The van der Waals surface area contributed by atoms with Crippen molar-refractivity contribution in [3.8, 4) is 0 Å². The number of rotatable bonds is 1. The second-order valence-electron chi connectivity index (χ2n) is 4.40. The molecule has 1 N–H and O–H groups in total. The Balaban J connectivity index is 2.20. The highest BCUT2D eigenvalue weighted by Crippen LogP contribution is 2.28. The molecule has 1 aliphatic carbocycles. The number of imidazole rings is 1. The van der Waals surface area contributed by atoms with Crippen molar-refractivity contribution in [1.82, 2.24) is 9.55 Å². The molecule has 2 aromatic rings. The number of benzene rings is 1. The van der Waals surface area contributed by atoms with Gasteiger partial charge in [-0.3, -0.25) is 0 Å². The Morgan fingerprint density at radius 3 is 3.00 bits per heavy atom. The molecule has 1 aliphatic rings. The summed E-state index contributed by atoms with van der Waals surface area (Å²) in [6.45, 7) is 0. The van der Waals surface area contributed by atoms with E-state index in [4.69, 9.17) is 12.2 Å². The Hall–Kier alpha value is -1.42. The quantitative estimate of drug-likeness (QED) is 0.594. The Kier molecular flexibility index (Phi) is 2.59. The number of hydrogen-bond acceptors (Lipinski definition) is 1. The molecular formula is C13H13FN2S. The number of hydrogen-bond donors (Lipinski definition) is 1. The zero-order chi connectivity index (χ0) is 11.8. The second kappa shape index (κ2) is 4.11. The summed E-state index contributed by atoms with van der Waals surface area (Å²) in [5.41, 5.74) is 1.78. The fourth-order valence-corrected chi connectivity index (χ4v) is 2.83. The normalized spacial score (nSPS) is 19.9. The molecule has 1 aromatic heterocycles. The van der Waals surface area contributed by atoms with Gasteiger partial charge in [-0.15, -0.1) is 0 Å². The lowest BCUT2D eigenvalue weighted by Gasteiger charge is -2.20. The number of nitrogens with zero attached hydrogens (tertiary/aromatic N) is 1. The minimum Gasteiger partial charge on any atom is -0.331 e. The second-order valence-corrected chi connectivity index (χ2v) is 4.79. The maximum Gasteiger partial charge on any atom is 0.178 e. The van der Waals surface area contributed by atoms with Crippen molar-refractivity contribution in [3.05, 3.63) is 40.9 Å². The van der Waals surface area contributed by atoms with E-state index in [0.717, 1.165) is 30.3 Å². The van der Waals surface area contributed by atoms with Crippen LogP contribution in [0.5, 0.6) is 0 Å². The molecule has 0 aliphatic heterocycles. The number of allylic oxidation sites excluding steroid dienone is 2. The minimum absolute atomic E-state index is 0.216. The Labute approximate surface area is 104 Å². The van der Waals surface area contributed by atoms with Crippen LogP contribution in [0.3, 0.4) is 0 Å². The van der Waals surface area contributed by atoms with Gasteiger partial charge in [-0.25, -0.2) is 4.39 Å². The summed E-state index contributed by atoms with van der Waals surface area (Å²) < 4.78 is 16.1. The molecule has 3 rings (SSSR count). The number of aromatic amines is 1. The molecule has 0 fully saturated rings. The molecule has 0 bridgehead atoms. The Morgan fingerprint density at radius 2 is 2.24 bits per heavy atom. The van der Waals surface area contributed by atoms with Gasteiger partial charge in [0.05, 0.1) is 11.0 Å². The van der Waals surface area contributed by atoms with Crippen LogP contribution in [0.2, 0.25) is 0 Å². The first-order valence-electron chi connectivity index (χ1n) is 5.80. The van der Waals surface area contributed by atoms with E-state index in [1.807, 2.05) is 0 Å². The van der Waals surface area contributed by atoms with Crippen molar-refractivity contribution in [1.29, 1.82) is 0 Å². The van der Waals surface area contributed by atoms with Crippen LogP contribution in [0.1, 0.15) is 25.3 Å². The zero-order valence-corrected chi connectivity index (χ0v) is 10.1. The molecule has 0 saturated carbocycles. The van der Waals surface area contributed by atoms with E-state index < -0.39 is 0 Å². The molecule has 88 valence electrons. The van der Waals surface area contributed by atoms with E-state index in [-0.39, 0.29) is 5.82 Å². The molecule has 4 heteroatoms. The van der Waals surface area contributed by atoms with E-state index >= 15 is 0 Å². The fraction of sp³-hybridized carbons (Fsp3) is 0.308. The predicted molar refractivity (Wildman–Crippen MR) is 69.1 cm³/mol. The van der Waals surface area contributed by atoms with Gasteiger partial charge >= 0.3 is 0 Å². The van der Waals surface area contributed by atoms with Crippen LogP contribution in [0, 0.1) is 10.6 Å². The van der Waals surface area contributed by atoms with Gasteiger partial charge in [0.1, 0.15) is 5.82 Å². The zero-order valence-electron chi connectivity index (χ0n) is 9.32. The summed E-state index contributed by atoms with van der Waals surface area (Å²) in [5.74, 6) is -0.216.